The number of hydrogen-bond acceptors (Lipinski definition) is 3. The second-order valence-corrected chi connectivity index (χ2v) is 3.82. The Labute approximate surface area is 70.2 Å². The van der Waals surface area contributed by atoms with Gasteiger partial charge in [-0.15, -0.1) is 0 Å². The van der Waals surface area contributed by atoms with Gasteiger partial charge in [0.1, 0.15) is 0 Å². The van der Waals surface area contributed by atoms with E-state index in [0.717, 1.165) is 5.16 Å². The standard InChI is InChI=1S/C7H12N2OS/c1-5(10)6(2)11-7-8-3-4-9-7/h3-6,10H,1-2H3,(H,8,9). The molecule has 0 amide bonds. The fourth-order valence-corrected chi connectivity index (χ4v) is 1.40. The number of H-pyrrole nitrogens is 1. The third-order valence-corrected chi connectivity index (χ3v) is 2.66. The van der Waals surface area contributed by atoms with Gasteiger partial charge in [0.05, 0.1) is 6.10 Å². The summed E-state index contributed by atoms with van der Waals surface area (Å²) in [7, 11) is 0. The van der Waals surface area contributed by atoms with Gasteiger partial charge in [-0.2, -0.15) is 0 Å². The van der Waals surface area contributed by atoms with Gasteiger partial charge in [0.15, 0.2) is 5.16 Å². The third kappa shape index (κ3) is 2.55. The van der Waals surface area contributed by atoms with Crippen LogP contribution in [0.2, 0.25) is 0 Å². The summed E-state index contributed by atoms with van der Waals surface area (Å²) in [4.78, 5) is 7.00. The average molecular weight is 172 g/mol. The zero-order valence-electron chi connectivity index (χ0n) is 6.61. The average Bonchev–Trinajstić information content (AvgIpc) is 2.39. The van der Waals surface area contributed by atoms with Gasteiger partial charge in [-0.1, -0.05) is 18.7 Å². The number of aliphatic hydroxyl groups excluding tert-OH is 1. The van der Waals surface area contributed by atoms with Gasteiger partial charge in [-0.05, 0) is 6.92 Å². The van der Waals surface area contributed by atoms with Crippen LogP contribution in [0.4, 0.5) is 0 Å². The number of thioether (sulfide) groups is 1. The lowest BCUT2D eigenvalue weighted by atomic mass is 10.3. The molecule has 0 aliphatic rings. The molecule has 0 aliphatic heterocycles. The van der Waals surface area contributed by atoms with Crippen molar-refractivity contribution >= 4 is 11.8 Å². The van der Waals surface area contributed by atoms with Crippen molar-refractivity contribution in [2.75, 3.05) is 0 Å². The highest BCUT2D eigenvalue weighted by Crippen LogP contribution is 2.20. The maximum Gasteiger partial charge on any atom is 0.165 e. The van der Waals surface area contributed by atoms with Crippen LogP contribution >= 0.6 is 11.8 Å². The second kappa shape index (κ2) is 3.78. The molecule has 0 fully saturated rings. The van der Waals surface area contributed by atoms with E-state index in [0.29, 0.717) is 0 Å². The third-order valence-electron chi connectivity index (χ3n) is 1.45. The van der Waals surface area contributed by atoms with E-state index in [1.54, 1.807) is 31.1 Å². The molecule has 3 nitrogen and oxygen atoms in total. The number of imidazole rings is 1. The van der Waals surface area contributed by atoms with Gasteiger partial charge in [-0.25, -0.2) is 4.98 Å². The zero-order valence-corrected chi connectivity index (χ0v) is 7.43. The molecule has 11 heavy (non-hydrogen) atoms. The molecule has 0 aliphatic carbocycles. The van der Waals surface area contributed by atoms with Crippen LogP contribution < -0.4 is 0 Å². The Hall–Kier alpha value is -0.480. The SMILES string of the molecule is CC(O)C(C)Sc1ncc[nH]1. The normalized spacial score (nSPS) is 16.3. The summed E-state index contributed by atoms with van der Waals surface area (Å²) in [5.41, 5.74) is 0. The van der Waals surface area contributed by atoms with Crippen molar-refractivity contribution in [1.29, 1.82) is 0 Å². The Morgan fingerprint density at radius 3 is 2.82 bits per heavy atom. The first-order valence-corrected chi connectivity index (χ1v) is 4.42. The van der Waals surface area contributed by atoms with Gasteiger partial charge in [0.2, 0.25) is 0 Å². The van der Waals surface area contributed by atoms with Crippen molar-refractivity contribution in [3.8, 4) is 0 Å². The van der Waals surface area contributed by atoms with E-state index in [9.17, 15) is 0 Å². The van der Waals surface area contributed by atoms with Crippen molar-refractivity contribution in [1.82, 2.24) is 9.97 Å². The minimum atomic E-state index is -0.301. The van der Waals surface area contributed by atoms with Crippen LogP contribution in [0, 0.1) is 0 Å². The number of nitrogens with zero attached hydrogens (tertiary/aromatic N) is 1. The van der Waals surface area contributed by atoms with Gasteiger partial charge >= 0.3 is 0 Å². The predicted molar refractivity (Wildman–Crippen MR) is 45.6 cm³/mol. The molecule has 2 unspecified atom stereocenters. The Morgan fingerprint density at radius 2 is 2.36 bits per heavy atom. The Bertz CT molecular complexity index is 198. The zero-order chi connectivity index (χ0) is 8.27. The van der Waals surface area contributed by atoms with Crippen LogP contribution in [0.3, 0.4) is 0 Å². The molecule has 1 aromatic heterocycles. The molecule has 0 radical (unpaired) electrons. The van der Waals surface area contributed by atoms with Crippen LogP contribution in [0.5, 0.6) is 0 Å². The van der Waals surface area contributed by atoms with Crippen molar-refractivity contribution in [2.45, 2.75) is 30.4 Å². The summed E-state index contributed by atoms with van der Waals surface area (Å²) in [5, 5.41) is 10.2. The minimum Gasteiger partial charge on any atom is -0.392 e. The lowest BCUT2D eigenvalue weighted by molar-refractivity contribution is 0.196. The molecule has 1 heterocycles. The Morgan fingerprint density at radius 1 is 1.64 bits per heavy atom. The van der Waals surface area contributed by atoms with Gasteiger partial charge in [0, 0.05) is 17.6 Å². The summed E-state index contributed by atoms with van der Waals surface area (Å²) in [6, 6.07) is 0. The fourth-order valence-electron chi connectivity index (χ4n) is 0.590. The highest BCUT2D eigenvalue weighted by atomic mass is 32.2. The first kappa shape index (κ1) is 8.62. The molecule has 0 saturated heterocycles. The van der Waals surface area contributed by atoms with Crippen LogP contribution in [-0.4, -0.2) is 26.4 Å². The quantitative estimate of drug-likeness (QED) is 0.675. The van der Waals surface area contributed by atoms with E-state index in [-0.39, 0.29) is 11.4 Å². The summed E-state index contributed by atoms with van der Waals surface area (Å²) in [6.07, 6.45) is 3.18. The van der Waals surface area contributed by atoms with Crippen LogP contribution in [0.25, 0.3) is 0 Å². The molecule has 62 valence electrons. The summed E-state index contributed by atoms with van der Waals surface area (Å²) >= 11 is 1.54. The summed E-state index contributed by atoms with van der Waals surface area (Å²) in [5.74, 6) is 0. The summed E-state index contributed by atoms with van der Waals surface area (Å²) < 4.78 is 0. The maximum atomic E-state index is 9.16. The first-order chi connectivity index (χ1) is 5.20. The lowest BCUT2D eigenvalue weighted by Gasteiger charge is -2.11. The summed E-state index contributed by atoms with van der Waals surface area (Å²) in [6.45, 7) is 3.75. The molecule has 2 N–H and O–H groups in total. The molecule has 1 aromatic rings. The van der Waals surface area contributed by atoms with Crippen LogP contribution in [0.1, 0.15) is 13.8 Å². The predicted octanol–water partition coefficient (Wildman–Crippen LogP) is 1.27. The molecule has 1 rings (SSSR count). The number of aliphatic hydroxyl groups is 1. The molecule has 4 heteroatoms. The second-order valence-electron chi connectivity index (χ2n) is 2.46. The van der Waals surface area contributed by atoms with E-state index in [4.69, 9.17) is 5.11 Å². The van der Waals surface area contributed by atoms with Gasteiger partial charge < -0.3 is 10.1 Å². The van der Waals surface area contributed by atoms with Crippen molar-refractivity contribution < 1.29 is 5.11 Å². The maximum absolute atomic E-state index is 9.16. The van der Waals surface area contributed by atoms with Crippen LogP contribution in [0.15, 0.2) is 17.6 Å². The van der Waals surface area contributed by atoms with E-state index < -0.39 is 0 Å². The first-order valence-electron chi connectivity index (χ1n) is 3.54. The van der Waals surface area contributed by atoms with Gasteiger partial charge in [0.25, 0.3) is 0 Å². The fraction of sp³-hybridized carbons (Fsp3) is 0.571. The highest BCUT2D eigenvalue weighted by Gasteiger charge is 2.10. The highest BCUT2D eigenvalue weighted by molar-refractivity contribution is 7.99. The Balaban J connectivity index is 2.43. The molecular weight excluding hydrogens is 160 g/mol. The van der Waals surface area contributed by atoms with Crippen molar-refractivity contribution in [3.05, 3.63) is 12.4 Å². The molecule has 0 spiro atoms. The molecule has 0 saturated carbocycles. The number of nitrogens with one attached hydrogen (secondary N) is 1. The van der Waals surface area contributed by atoms with E-state index in [2.05, 4.69) is 9.97 Å². The molecule has 0 aromatic carbocycles. The van der Waals surface area contributed by atoms with E-state index in [1.165, 1.54) is 0 Å². The van der Waals surface area contributed by atoms with E-state index in [1.807, 2.05) is 6.92 Å². The largest absolute Gasteiger partial charge is 0.392 e. The number of rotatable bonds is 3. The van der Waals surface area contributed by atoms with Gasteiger partial charge in [-0.3, -0.25) is 0 Å². The number of aromatic nitrogens is 2. The van der Waals surface area contributed by atoms with Crippen molar-refractivity contribution in [2.24, 2.45) is 0 Å². The molecular formula is C7H12N2OS. The molecule has 2 atom stereocenters. The van der Waals surface area contributed by atoms with Crippen molar-refractivity contribution in [3.63, 3.8) is 0 Å². The minimum absolute atomic E-state index is 0.182. The lowest BCUT2D eigenvalue weighted by Crippen LogP contribution is -2.15. The topological polar surface area (TPSA) is 48.9 Å². The smallest absolute Gasteiger partial charge is 0.165 e. The van der Waals surface area contributed by atoms with Crippen LogP contribution in [-0.2, 0) is 0 Å². The monoisotopic (exact) mass is 172 g/mol. The van der Waals surface area contributed by atoms with E-state index >= 15 is 0 Å². The number of hydrogen-bond donors (Lipinski definition) is 2. The Kier molecular flexibility index (Phi) is 2.96. The number of aromatic amines is 1. The molecule has 0 bridgehead atoms.